The van der Waals surface area contributed by atoms with E-state index in [0.29, 0.717) is 5.89 Å². The van der Waals surface area contributed by atoms with Gasteiger partial charge < -0.3 is 13.7 Å². The van der Waals surface area contributed by atoms with Crippen LogP contribution < -0.4 is 4.90 Å². The molecule has 2 heterocycles. The lowest BCUT2D eigenvalue weighted by Crippen LogP contribution is -2.10. The number of anilines is 3. The number of oxazole rings is 1. The fourth-order valence-corrected chi connectivity index (χ4v) is 8.05. The van der Waals surface area contributed by atoms with E-state index in [4.69, 9.17) is 13.8 Å². The molecule has 0 aliphatic rings. The Bertz CT molecular complexity index is 3210. The Morgan fingerprint density at radius 1 is 0.333 bits per heavy atom. The van der Waals surface area contributed by atoms with Crippen molar-refractivity contribution in [3.63, 3.8) is 0 Å². The number of hydrogen-bond acceptors (Lipinski definition) is 4. The van der Waals surface area contributed by atoms with Crippen LogP contribution in [0.5, 0.6) is 0 Å². The first-order chi connectivity index (χ1) is 28.2. The Hall–Kier alpha value is -7.69. The van der Waals surface area contributed by atoms with Crippen LogP contribution >= 0.6 is 0 Å². The summed E-state index contributed by atoms with van der Waals surface area (Å²) in [5, 5.41) is 4.53. The third-order valence-electron chi connectivity index (χ3n) is 10.9. The largest absolute Gasteiger partial charge is 0.456 e. The van der Waals surface area contributed by atoms with Crippen molar-refractivity contribution < 1.29 is 8.83 Å². The molecular formula is C53H34N2O2. The van der Waals surface area contributed by atoms with Gasteiger partial charge in [-0.05, 0) is 111 Å². The SMILES string of the molecule is c1ccc(-c2cccc(N(c3ccc(-c4ccc5oc6cc7nc(-c8ccccc8)oc7cc6c5c4)cc3)c3ccc(-c4cccc5ccccc45)cc3)c2)cc1. The molecule has 4 nitrogen and oxygen atoms in total. The zero-order valence-corrected chi connectivity index (χ0v) is 30.8. The van der Waals surface area contributed by atoms with Gasteiger partial charge in [0.15, 0.2) is 5.58 Å². The molecule has 57 heavy (non-hydrogen) atoms. The highest BCUT2D eigenvalue weighted by Gasteiger charge is 2.17. The molecule has 0 aliphatic heterocycles. The van der Waals surface area contributed by atoms with Crippen LogP contribution in [0.25, 0.3) is 88.6 Å². The molecule has 0 amide bonds. The second kappa shape index (κ2) is 13.6. The van der Waals surface area contributed by atoms with E-state index in [1.165, 1.54) is 33.0 Å². The van der Waals surface area contributed by atoms with Crippen molar-refractivity contribution in [2.24, 2.45) is 0 Å². The molecule has 11 aromatic rings. The molecule has 2 aromatic heterocycles. The lowest BCUT2D eigenvalue weighted by molar-refractivity contribution is 0.620. The third-order valence-corrected chi connectivity index (χ3v) is 10.9. The van der Waals surface area contributed by atoms with Crippen molar-refractivity contribution >= 4 is 60.9 Å². The van der Waals surface area contributed by atoms with Crippen LogP contribution in [-0.2, 0) is 0 Å². The molecule has 0 N–H and O–H groups in total. The van der Waals surface area contributed by atoms with Gasteiger partial charge >= 0.3 is 0 Å². The first kappa shape index (κ1) is 32.7. The lowest BCUT2D eigenvalue weighted by Gasteiger charge is -2.26. The quantitative estimate of drug-likeness (QED) is 0.164. The van der Waals surface area contributed by atoms with E-state index in [-0.39, 0.29) is 0 Å². The van der Waals surface area contributed by atoms with E-state index in [1.54, 1.807) is 0 Å². The van der Waals surface area contributed by atoms with Crippen LogP contribution in [0.2, 0.25) is 0 Å². The zero-order chi connectivity index (χ0) is 37.7. The molecule has 9 aromatic carbocycles. The van der Waals surface area contributed by atoms with E-state index in [1.807, 2.05) is 36.4 Å². The van der Waals surface area contributed by atoms with Gasteiger partial charge in [0.05, 0.1) is 0 Å². The van der Waals surface area contributed by atoms with Gasteiger partial charge in [0.1, 0.15) is 16.7 Å². The number of benzene rings is 9. The number of rotatable bonds is 7. The molecule has 0 saturated heterocycles. The Labute approximate surface area is 329 Å². The highest BCUT2D eigenvalue weighted by molar-refractivity contribution is 6.10. The predicted molar refractivity (Wildman–Crippen MR) is 235 cm³/mol. The number of hydrogen-bond donors (Lipinski definition) is 0. The van der Waals surface area contributed by atoms with Gasteiger partial charge in [-0.15, -0.1) is 0 Å². The normalized spacial score (nSPS) is 11.5. The maximum atomic E-state index is 6.33. The van der Waals surface area contributed by atoms with E-state index in [9.17, 15) is 0 Å². The molecule has 0 atom stereocenters. The van der Waals surface area contributed by atoms with E-state index < -0.39 is 0 Å². The Balaban J connectivity index is 0.970. The average Bonchev–Trinajstić information content (AvgIpc) is 3.87. The minimum Gasteiger partial charge on any atom is -0.456 e. The van der Waals surface area contributed by atoms with E-state index in [2.05, 4.69) is 175 Å². The molecule has 0 radical (unpaired) electrons. The van der Waals surface area contributed by atoms with Gasteiger partial charge in [0.25, 0.3) is 0 Å². The van der Waals surface area contributed by atoms with Crippen LogP contribution in [0.3, 0.4) is 0 Å². The monoisotopic (exact) mass is 730 g/mol. The van der Waals surface area contributed by atoms with Crippen molar-refractivity contribution in [3.8, 4) is 44.8 Å². The fraction of sp³-hybridized carbons (Fsp3) is 0. The molecule has 0 saturated carbocycles. The maximum absolute atomic E-state index is 6.33. The number of fused-ring (bicyclic) bond motifs is 5. The summed E-state index contributed by atoms with van der Waals surface area (Å²) in [5.74, 6) is 0.602. The number of aromatic nitrogens is 1. The maximum Gasteiger partial charge on any atom is 0.227 e. The van der Waals surface area contributed by atoms with Crippen LogP contribution in [0.1, 0.15) is 0 Å². The van der Waals surface area contributed by atoms with Crippen molar-refractivity contribution in [2.75, 3.05) is 4.90 Å². The summed E-state index contributed by atoms with van der Waals surface area (Å²) in [6.45, 7) is 0. The second-order valence-corrected chi connectivity index (χ2v) is 14.4. The summed E-state index contributed by atoms with van der Waals surface area (Å²) in [6.07, 6.45) is 0. The molecule has 11 rings (SSSR count). The van der Waals surface area contributed by atoms with E-state index in [0.717, 1.165) is 66.8 Å². The van der Waals surface area contributed by atoms with Crippen LogP contribution in [0, 0.1) is 0 Å². The van der Waals surface area contributed by atoms with Crippen LogP contribution in [0.4, 0.5) is 17.1 Å². The minimum absolute atomic E-state index is 0.602. The van der Waals surface area contributed by atoms with Gasteiger partial charge in [0.2, 0.25) is 5.89 Å². The Morgan fingerprint density at radius 3 is 1.72 bits per heavy atom. The topological polar surface area (TPSA) is 42.4 Å². The highest BCUT2D eigenvalue weighted by atomic mass is 16.4. The predicted octanol–water partition coefficient (Wildman–Crippen LogP) is 15.0. The van der Waals surface area contributed by atoms with E-state index >= 15 is 0 Å². The minimum atomic E-state index is 0.602. The summed E-state index contributed by atoms with van der Waals surface area (Å²) < 4.78 is 12.6. The standard InChI is InChI=1S/C53H34N2O2/c1-3-11-35(12-4-1)40-17-9-18-44(31-40)55(43-28-23-38(24-29-43)46-20-10-16-37-13-7-8-19-45(37)46)42-26-21-36(22-27-42)41-25-30-50-47(32-41)48-33-52-49(34-51(48)56-50)54-53(57-52)39-14-5-2-6-15-39/h1-34H. The summed E-state index contributed by atoms with van der Waals surface area (Å²) in [6, 6.07) is 72.6. The first-order valence-corrected chi connectivity index (χ1v) is 19.2. The van der Waals surface area contributed by atoms with Gasteiger partial charge in [-0.25, -0.2) is 4.98 Å². The second-order valence-electron chi connectivity index (χ2n) is 14.4. The van der Waals surface area contributed by atoms with Crippen molar-refractivity contribution in [2.45, 2.75) is 0 Å². The van der Waals surface area contributed by atoms with Crippen molar-refractivity contribution in [3.05, 3.63) is 206 Å². The van der Waals surface area contributed by atoms with Gasteiger partial charge in [-0.1, -0.05) is 133 Å². The van der Waals surface area contributed by atoms with Gasteiger partial charge in [-0.2, -0.15) is 0 Å². The molecule has 0 aliphatic carbocycles. The van der Waals surface area contributed by atoms with Crippen LogP contribution in [-0.4, -0.2) is 4.98 Å². The molecule has 0 unspecified atom stereocenters. The molecular weight excluding hydrogens is 697 g/mol. The highest BCUT2D eigenvalue weighted by Crippen LogP contribution is 2.40. The third kappa shape index (κ3) is 5.92. The Morgan fingerprint density at radius 2 is 0.930 bits per heavy atom. The van der Waals surface area contributed by atoms with Crippen LogP contribution in [0.15, 0.2) is 215 Å². The molecule has 0 spiro atoms. The summed E-state index contributed by atoms with van der Waals surface area (Å²) in [5.41, 5.74) is 14.3. The van der Waals surface area contributed by atoms with Crippen molar-refractivity contribution in [1.29, 1.82) is 0 Å². The summed E-state index contributed by atoms with van der Waals surface area (Å²) in [7, 11) is 0. The number of furan rings is 1. The molecule has 268 valence electrons. The summed E-state index contributed by atoms with van der Waals surface area (Å²) in [4.78, 5) is 7.09. The van der Waals surface area contributed by atoms with Gasteiger partial charge in [0, 0.05) is 39.5 Å². The first-order valence-electron chi connectivity index (χ1n) is 19.2. The fourth-order valence-electron chi connectivity index (χ4n) is 8.05. The molecule has 0 fully saturated rings. The summed E-state index contributed by atoms with van der Waals surface area (Å²) >= 11 is 0. The zero-order valence-electron chi connectivity index (χ0n) is 30.8. The molecule has 4 heteroatoms. The van der Waals surface area contributed by atoms with Crippen molar-refractivity contribution in [1.82, 2.24) is 4.98 Å². The lowest BCUT2D eigenvalue weighted by atomic mass is 9.98. The smallest absolute Gasteiger partial charge is 0.227 e. The number of nitrogens with zero attached hydrogens (tertiary/aromatic N) is 2. The van der Waals surface area contributed by atoms with Gasteiger partial charge in [-0.3, -0.25) is 0 Å². The average molecular weight is 731 g/mol. The Kier molecular flexibility index (Phi) is 7.78. The molecule has 0 bridgehead atoms.